The van der Waals surface area contributed by atoms with Crippen LogP contribution in [-0.4, -0.2) is 35.3 Å². The smallest absolute Gasteiger partial charge is 0.246 e. The van der Waals surface area contributed by atoms with Crippen molar-refractivity contribution in [1.29, 1.82) is 0 Å². The number of amides is 2. The fourth-order valence-electron chi connectivity index (χ4n) is 2.48. The van der Waals surface area contributed by atoms with E-state index in [1.54, 1.807) is 11.0 Å². The lowest BCUT2D eigenvalue weighted by molar-refractivity contribution is -0.153. The van der Waals surface area contributed by atoms with Crippen LogP contribution in [-0.2, 0) is 9.59 Å². The Bertz CT molecular complexity index is 374. The summed E-state index contributed by atoms with van der Waals surface area (Å²) in [6.45, 7) is 8.25. The highest BCUT2D eigenvalue weighted by Gasteiger charge is 2.45. The summed E-state index contributed by atoms with van der Waals surface area (Å²) in [5, 5.41) is 2.84. The molecule has 1 rings (SSSR count). The van der Waals surface area contributed by atoms with Crippen LogP contribution in [0.4, 0.5) is 0 Å². The minimum Gasteiger partial charge on any atom is -0.342 e. The van der Waals surface area contributed by atoms with Crippen LogP contribution in [0.5, 0.6) is 0 Å². The molecule has 2 amide bonds. The Balaban J connectivity index is 3.03. The summed E-state index contributed by atoms with van der Waals surface area (Å²) < 4.78 is 0. The number of rotatable bonds is 4. The van der Waals surface area contributed by atoms with Gasteiger partial charge in [0.15, 0.2) is 0 Å². The van der Waals surface area contributed by atoms with Crippen LogP contribution in [0, 0.1) is 5.41 Å². The van der Waals surface area contributed by atoms with Crippen molar-refractivity contribution in [2.45, 2.75) is 52.6 Å². The molecule has 0 saturated carbocycles. The van der Waals surface area contributed by atoms with E-state index in [1.165, 1.54) is 5.54 Å². The molecule has 1 heterocycles. The Morgan fingerprint density at radius 2 is 2.00 bits per heavy atom. The van der Waals surface area contributed by atoms with Crippen LogP contribution in [0.15, 0.2) is 11.6 Å². The van der Waals surface area contributed by atoms with E-state index in [-0.39, 0.29) is 17.2 Å². The lowest BCUT2D eigenvalue weighted by atomic mass is 9.83. The second-order valence-electron chi connectivity index (χ2n) is 5.97. The molecular weight excluding hydrogens is 264 g/mol. The largest absolute Gasteiger partial charge is 0.342 e. The van der Waals surface area contributed by atoms with E-state index >= 15 is 0 Å². The molecule has 1 aliphatic rings. The quantitative estimate of drug-likeness (QED) is 0.862. The first kappa shape index (κ1) is 16.0. The average molecular weight is 287 g/mol. The third kappa shape index (κ3) is 3.72. The van der Waals surface area contributed by atoms with Crippen LogP contribution in [0.1, 0.15) is 40.5 Å². The monoisotopic (exact) mass is 286 g/mol. The van der Waals surface area contributed by atoms with Crippen molar-refractivity contribution < 1.29 is 9.59 Å². The van der Waals surface area contributed by atoms with Gasteiger partial charge in [0.2, 0.25) is 11.8 Å². The van der Waals surface area contributed by atoms with Gasteiger partial charge in [-0.25, -0.2) is 0 Å². The maximum absolute atomic E-state index is 12.5. The van der Waals surface area contributed by atoms with Crippen molar-refractivity contribution in [1.82, 2.24) is 10.2 Å². The summed E-state index contributed by atoms with van der Waals surface area (Å²) in [6.07, 6.45) is 3.22. The molecule has 2 unspecified atom stereocenters. The topological polar surface area (TPSA) is 49.4 Å². The molecule has 1 aliphatic heterocycles. The van der Waals surface area contributed by atoms with Crippen LogP contribution in [0.2, 0.25) is 0 Å². The van der Waals surface area contributed by atoms with E-state index in [4.69, 9.17) is 11.6 Å². The van der Waals surface area contributed by atoms with E-state index in [0.29, 0.717) is 13.0 Å². The number of hydrogen-bond donors (Lipinski definition) is 1. The first-order chi connectivity index (χ1) is 8.82. The predicted molar refractivity (Wildman–Crippen MR) is 76.8 cm³/mol. The maximum atomic E-state index is 12.5. The Morgan fingerprint density at radius 1 is 1.37 bits per heavy atom. The second-order valence-corrected chi connectivity index (χ2v) is 6.22. The molecule has 0 bridgehead atoms. The molecule has 0 aliphatic carbocycles. The van der Waals surface area contributed by atoms with E-state index in [9.17, 15) is 9.59 Å². The lowest BCUT2D eigenvalue weighted by Crippen LogP contribution is -2.66. The Labute approximate surface area is 120 Å². The SMILES string of the molecule is CCCC1NC(=O)C(C(C)(C)C)N(C/C=C/Cl)C1=O. The van der Waals surface area contributed by atoms with Crippen LogP contribution in [0.25, 0.3) is 0 Å². The maximum Gasteiger partial charge on any atom is 0.246 e. The van der Waals surface area contributed by atoms with Gasteiger partial charge in [0.1, 0.15) is 12.1 Å². The van der Waals surface area contributed by atoms with Crippen molar-refractivity contribution in [3.63, 3.8) is 0 Å². The molecule has 108 valence electrons. The number of nitrogens with one attached hydrogen (secondary N) is 1. The molecule has 2 atom stereocenters. The zero-order valence-electron chi connectivity index (χ0n) is 12.1. The number of halogens is 1. The lowest BCUT2D eigenvalue weighted by Gasteiger charge is -2.44. The normalized spacial score (nSPS) is 25.0. The molecule has 0 aromatic rings. The number of piperazine rings is 1. The molecule has 1 N–H and O–H groups in total. The van der Waals surface area contributed by atoms with Gasteiger partial charge in [-0.1, -0.05) is 51.8 Å². The van der Waals surface area contributed by atoms with Gasteiger partial charge in [-0.05, 0) is 11.8 Å². The third-order valence-electron chi connectivity index (χ3n) is 3.25. The fraction of sp³-hybridized carbons (Fsp3) is 0.714. The van der Waals surface area contributed by atoms with Crippen LogP contribution >= 0.6 is 11.6 Å². The van der Waals surface area contributed by atoms with E-state index in [0.717, 1.165) is 6.42 Å². The van der Waals surface area contributed by atoms with Gasteiger partial charge in [0.25, 0.3) is 0 Å². The van der Waals surface area contributed by atoms with Gasteiger partial charge in [-0.2, -0.15) is 0 Å². The van der Waals surface area contributed by atoms with Crippen molar-refractivity contribution >= 4 is 23.4 Å². The van der Waals surface area contributed by atoms with Crippen molar-refractivity contribution in [2.75, 3.05) is 6.54 Å². The fourth-order valence-corrected chi connectivity index (χ4v) is 2.55. The molecular formula is C14H23ClN2O2. The van der Waals surface area contributed by atoms with Gasteiger partial charge in [0, 0.05) is 12.1 Å². The van der Waals surface area contributed by atoms with Gasteiger partial charge >= 0.3 is 0 Å². The molecule has 1 fully saturated rings. The first-order valence-electron chi connectivity index (χ1n) is 6.69. The molecule has 1 saturated heterocycles. The summed E-state index contributed by atoms with van der Waals surface area (Å²) in [5.41, 5.74) is 1.07. The Hall–Kier alpha value is -1.03. The summed E-state index contributed by atoms with van der Waals surface area (Å²) in [4.78, 5) is 26.4. The summed E-state index contributed by atoms with van der Waals surface area (Å²) in [5.74, 6) is -0.0929. The molecule has 0 aromatic carbocycles. The zero-order chi connectivity index (χ0) is 14.6. The van der Waals surface area contributed by atoms with Crippen molar-refractivity contribution in [2.24, 2.45) is 5.41 Å². The number of nitrogens with zero attached hydrogens (tertiary/aromatic N) is 1. The van der Waals surface area contributed by atoms with Gasteiger partial charge in [0.05, 0.1) is 0 Å². The minimum atomic E-state index is -0.457. The highest BCUT2D eigenvalue weighted by Crippen LogP contribution is 2.28. The zero-order valence-corrected chi connectivity index (χ0v) is 12.8. The van der Waals surface area contributed by atoms with Gasteiger partial charge < -0.3 is 10.2 Å². The van der Waals surface area contributed by atoms with E-state index < -0.39 is 12.1 Å². The highest BCUT2D eigenvalue weighted by molar-refractivity contribution is 6.25. The summed E-state index contributed by atoms with van der Waals surface area (Å²) in [7, 11) is 0. The van der Waals surface area contributed by atoms with E-state index in [1.807, 2.05) is 27.7 Å². The van der Waals surface area contributed by atoms with Crippen molar-refractivity contribution in [3.05, 3.63) is 11.6 Å². The van der Waals surface area contributed by atoms with Crippen LogP contribution in [0.3, 0.4) is 0 Å². The van der Waals surface area contributed by atoms with Crippen molar-refractivity contribution in [3.8, 4) is 0 Å². The summed E-state index contributed by atoms with van der Waals surface area (Å²) >= 11 is 5.55. The Kier molecular flexibility index (Phi) is 5.41. The predicted octanol–water partition coefficient (Wildman–Crippen LogP) is 2.28. The number of hydrogen-bond acceptors (Lipinski definition) is 2. The molecule has 4 nitrogen and oxygen atoms in total. The molecule has 5 heteroatoms. The average Bonchev–Trinajstić information content (AvgIpc) is 2.30. The molecule has 0 aromatic heterocycles. The van der Waals surface area contributed by atoms with Gasteiger partial charge in [-0.3, -0.25) is 9.59 Å². The Morgan fingerprint density at radius 3 is 2.47 bits per heavy atom. The molecule has 19 heavy (non-hydrogen) atoms. The number of carbonyl (C=O) groups excluding carboxylic acids is 2. The minimum absolute atomic E-state index is 0.0175. The highest BCUT2D eigenvalue weighted by atomic mass is 35.5. The molecule has 0 spiro atoms. The van der Waals surface area contributed by atoms with E-state index in [2.05, 4.69) is 5.32 Å². The number of carbonyl (C=O) groups is 2. The standard InChI is InChI=1S/C14H23ClN2O2/c1-5-7-10-13(19)17(9-6-8-15)11(12(18)16-10)14(2,3)4/h6,8,10-11H,5,7,9H2,1-4H3,(H,16,18)/b8-6+. The third-order valence-corrected chi connectivity index (χ3v) is 3.42. The van der Waals surface area contributed by atoms with Crippen LogP contribution < -0.4 is 5.32 Å². The second kappa shape index (κ2) is 6.42. The summed E-state index contributed by atoms with van der Waals surface area (Å²) in [6, 6.07) is -0.860. The molecule has 0 radical (unpaired) electrons. The van der Waals surface area contributed by atoms with Gasteiger partial charge in [-0.15, -0.1) is 0 Å². The first-order valence-corrected chi connectivity index (χ1v) is 7.12.